The Morgan fingerprint density at radius 2 is 1.84 bits per heavy atom. The van der Waals surface area contributed by atoms with Crippen LogP contribution in [0, 0.1) is 0 Å². The van der Waals surface area contributed by atoms with E-state index in [1.807, 2.05) is 25.1 Å². The lowest BCUT2D eigenvalue weighted by atomic mass is 10.1. The molecule has 4 rings (SSSR count). The topological polar surface area (TPSA) is 82.6 Å². The van der Waals surface area contributed by atoms with Gasteiger partial charge in [0.15, 0.2) is 16.6 Å². The highest BCUT2D eigenvalue weighted by molar-refractivity contribution is 7.22. The molecule has 0 bridgehead atoms. The first-order valence-corrected chi connectivity index (χ1v) is 13.5. The van der Waals surface area contributed by atoms with Crippen molar-refractivity contribution >= 4 is 38.7 Å². The fourth-order valence-corrected chi connectivity index (χ4v) is 5.35. The van der Waals surface area contributed by atoms with E-state index in [9.17, 15) is 4.79 Å². The number of hydrogen-bond acceptors (Lipinski definition) is 9. The minimum absolute atomic E-state index is 0.155. The van der Waals surface area contributed by atoms with Crippen molar-refractivity contribution in [2.24, 2.45) is 0 Å². The zero-order valence-electron chi connectivity index (χ0n) is 22.4. The van der Waals surface area contributed by atoms with Crippen LogP contribution in [0.3, 0.4) is 0 Å². The lowest BCUT2D eigenvalue weighted by Gasteiger charge is -2.27. The molecule has 2 heterocycles. The zero-order valence-corrected chi connectivity index (χ0v) is 23.2. The predicted octanol–water partition coefficient (Wildman–Crippen LogP) is 4.49. The molecule has 1 amide bonds. The number of carbonyl (C=O) groups is 1. The molecule has 204 valence electrons. The first-order valence-electron chi connectivity index (χ1n) is 12.7. The highest BCUT2D eigenvalue weighted by Crippen LogP contribution is 2.39. The molecule has 0 unspecified atom stereocenters. The Bertz CT molecular complexity index is 1230. The third-order valence-electron chi connectivity index (χ3n) is 6.23. The Morgan fingerprint density at radius 1 is 1.11 bits per heavy atom. The summed E-state index contributed by atoms with van der Waals surface area (Å²) in [5.41, 5.74) is 1.53. The molecule has 38 heavy (non-hydrogen) atoms. The molecule has 9 nitrogen and oxygen atoms in total. The van der Waals surface area contributed by atoms with Gasteiger partial charge in [0, 0.05) is 32.3 Å². The highest BCUT2D eigenvalue weighted by Gasteiger charge is 2.20. The second-order valence-corrected chi connectivity index (χ2v) is 9.63. The van der Waals surface area contributed by atoms with Gasteiger partial charge in [0.2, 0.25) is 5.75 Å². The maximum atomic E-state index is 13.6. The zero-order chi connectivity index (χ0) is 26.9. The van der Waals surface area contributed by atoms with Gasteiger partial charge in [0.1, 0.15) is 11.3 Å². The summed E-state index contributed by atoms with van der Waals surface area (Å²) in [6.07, 6.45) is 4.13. The largest absolute Gasteiger partial charge is 0.493 e. The van der Waals surface area contributed by atoms with Crippen LogP contribution in [0.2, 0.25) is 0 Å². The molecule has 0 N–H and O–H groups in total. The summed E-state index contributed by atoms with van der Waals surface area (Å²) in [5, 5.41) is 0.647. The SMILES string of the molecule is CCOc1cccc2sc(N(CCCN3CCOCC3)C(=O)/C=C/c3cc(OC)c(OC)c(OC)c3)nc12. The summed E-state index contributed by atoms with van der Waals surface area (Å²) < 4.78 is 28.5. The molecule has 0 aliphatic carbocycles. The van der Waals surface area contributed by atoms with Crippen LogP contribution >= 0.6 is 11.3 Å². The molecule has 2 aromatic carbocycles. The molecular formula is C28H35N3O6S. The number of ether oxygens (including phenoxy) is 5. The fourth-order valence-electron chi connectivity index (χ4n) is 4.33. The van der Waals surface area contributed by atoms with Gasteiger partial charge >= 0.3 is 0 Å². The number of aromatic nitrogens is 1. The first-order chi connectivity index (χ1) is 18.6. The van der Waals surface area contributed by atoms with Crippen molar-refractivity contribution in [1.29, 1.82) is 0 Å². The number of methoxy groups -OCH3 is 3. The van der Waals surface area contributed by atoms with Crippen molar-refractivity contribution in [1.82, 2.24) is 9.88 Å². The maximum Gasteiger partial charge on any atom is 0.252 e. The third-order valence-corrected chi connectivity index (χ3v) is 7.28. The number of fused-ring (bicyclic) bond motifs is 1. The molecule has 3 aromatic rings. The van der Waals surface area contributed by atoms with Crippen molar-refractivity contribution in [2.45, 2.75) is 13.3 Å². The average Bonchev–Trinajstić information content (AvgIpc) is 3.39. The monoisotopic (exact) mass is 541 g/mol. The standard InChI is InChI=1S/C28H35N3O6S/c1-5-37-21-8-6-9-24-26(21)29-28(38-24)31(13-7-12-30-14-16-36-17-15-30)25(32)11-10-20-18-22(33-2)27(35-4)23(19-20)34-3/h6,8-11,18-19H,5,7,12-17H2,1-4H3/b11-10+. The van der Waals surface area contributed by atoms with Crippen LogP contribution in [0.5, 0.6) is 23.0 Å². The summed E-state index contributed by atoms with van der Waals surface area (Å²) in [5.74, 6) is 2.12. The number of nitrogens with zero attached hydrogens (tertiary/aromatic N) is 3. The molecule has 0 saturated carbocycles. The van der Waals surface area contributed by atoms with Crippen molar-refractivity contribution in [3.8, 4) is 23.0 Å². The van der Waals surface area contributed by atoms with Crippen molar-refractivity contribution in [3.63, 3.8) is 0 Å². The van der Waals surface area contributed by atoms with E-state index >= 15 is 0 Å². The minimum atomic E-state index is -0.155. The van der Waals surface area contributed by atoms with Gasteiger partial charge in [-0.3, -0.25) is 14.6 Å². The van der Waals surface area contributed by atoms with Gasteiger partial charge < -0.3 is 23.7 Å². The maximum absolute atomic E-state index is 13.6. The van der Waals surface area contributed by atoms with Gasteiger partial charge in [-0.25, -0.2) is 4.98 Å². The van der Waals surface area contributed by atoms with E-state index < -0.39 is 0 Å². The average molecular weight is 542 g/mol. The Hall–Kier alpha value is -3.34. The minimum Gasteiger partial charge on any atom is -0.493 e. The summed E-state index contributed by atoms with van der Waals surface area (Å²) in [4.78, 5) is 22.5. The number of benzene rings is 2. The number of rotatable bonds is 12. The quantitative estimate of drug-likeness (QED) is 0.310. The van der Waals surface area contributed by atoms with Gasteiger partial charge in [-0.2, -0.15) is 0 Å². The second kappa shape index (κ2) is 13.5. The van der Waals surface area contributed by atoms with E-state index in [0.29, 0.717) is 35.5 Å². The van der Waals surface area contributed by atoms with E-state index in [0.717, 1.165) is 60.8 Å². The van der Waals surface area contributed by atoms with E-state index in [-0.39, 0.29) is 5.91 Å². The van der Waals surface area contributed by atoms with Crippen LogP contribution < -0.4 is 23.8 Å². The van der Waals surface area contributed by atoms with Crippen molar-refractivity contribution in [2.75, 3.05) is 72.2 Å². The van der Waals surface area contributed by atoms with E-state index in [1.54, 1.807) is 50.5 Å². The Morgan fingerprint density at radius 3 is 2.50 bits per heavy atom. The number of morpholine rings is 1. The molecule has 0 atom stereocenters. The number of anilines is 1. The molecule has 0 radical (unpaired) electrons. The lowest BCUT2D eigenvalue weighted by Crippen LogP contribution is -2.39. The van der Waals surface area contributed by atoms with Crippen molar-refractivity contribution < 1.29 is 28.5 Å². The molecule has 1 saturated heterocycles. The van der Waals surface area contributed by atoms with Gasteiger partial charge in [0.25, 0.3) is 5.91 Å². The van der Waals surface area contributed by atoms with E-state index in [1.165, 1.54) is 11.3 Å². The Kier molecular flexibility index (Phi) is 9.80. The first kappa shape index (κ1) is 27.7. The molecular weight excluding hydrogens is 506 g/mol. The van der Waals surface area contributed by atoms with E-state index in [4.69, 9.17) is 28.7 Å². The lowest BCUT2D eigenvalue weighted by molar-refractivity contribution is -0.114. The predicted molar refractivity (Wildman–Crippen MR) is 150 cm³/mol. The van der Waals surface area contributed by atoms with Crippen LogP contribution in [-0.4, -0.2) is 83.1 Å². The van der Waals surface area contributed by atoms with E-state index in [2.05, 4.69) is 4.90 Å². The fraction of sp³-hybridized carbons (Fsp3) is 0.429. The Labute approximate surface area is 227 Å². The molecule has 1 aromatic heterocycles. The normalized spacial score (nSPS) is 14.1. The van der Waals surface area contributed by atoms with Crippen LogP contribution in [0.15, 0.2) is 36.4 Å². The van der Waals surface area contributed by atoms with Gasteiger partial charge in [-0.1, -0.05) is 17.4 Å². The number of thiazole rings is 1. The summed E-state index contributed by atoms with van der Waals surface area (Å²) in [6, 6.07) is 9.47. The smallest absolute Gasteiger partial charge is 0.252 e. The van der Waals surface area contributed by atoms with Crippen LogP contribution in [0.1, 0.15) is 18.9 Å². The van der Waals surface area contributed by atoms with Crippen LogP contribution in [-0.2, 0) is 9.53 Å². The van der Waals surface area contributed by atoms with Gasteiger partial charge in [0.05, 0.1) is 45.8 Å². The molecule has 1 aliphatic rings. The van der Waals surface area contributed by atoms with Crippen LogP contribution in [0.25, 0.3) is 16.3 Å². The van der Waals surface area contributed by atoms with Gasteiger partial charge in [-0.05, 0) is 49.2 Å². The molecule has 1 fully saturated rings. The number of amides is 1. The third kappa shape index (κ3) is 6.56. The second-order valence-electron chi connectivity index (χ2n) is 8.62. The molecule has 10 heteroatoms. The van der Waals surface area contributed by atoms with Gasteiger partial charge in [-0.15, -0.1) is 0 Å². The number of carbonyl (C=O) groups excluding carboxylic acids is 1. The molecule has 1 aliphatic heterocycles. The number of para-hydroxylation sites is 1. The highest BCUT2D eigenvalue weighted by atomic mass is 32.1. The summed E-state index contributed by atoms with van der Waals surface area (Å²) in [6.45, 7) is 7.24. The summed E-state index contributed by atoms with van der Waals surface area (Å²) in [7, 11) is 4.69. The van der Waals surface area contributed by atoms with Crippen LogP contribution in [0.4, 0.5) is 5.13 Å². The number of hydrogen-bond donors (Lipinski definition) is 0. The summed E-state index contributed by atoms with van der Waals surface area (Å²) >= 11 is 1.49. The van der Waals surface area contributed by atoms with Crippen molar-refractivity contribution in [3.05, 3.63) is 42.0 Å². The Balaban J connectivity index is 1.59. The molecule has 0 spiro atoms.